The second-order valence-corrected chi connectivity index (χ2v) is 10.3. The summed E-state index contributed by atoms with van der Waals surface area (Å²) >= 11 is 0. The molecule has 1 aromatic heterocycles. The zero-order chi connectivity index (χ0) is 20.4. The first-order chi connectivity index (χ1) is 13.2. The number of nitrogens with zero attached hydrogens (tertiary/aromatic N) is 2. The van der Waals surface area contributed by atoms with E-state index in [0.29, 0.717) is 37.4 Å². The zero-order valence-corrected chi connectivity index (χ0v) is 17.1. The molecule has 0 bridgehead atoms. The van der Waals surface area contributed by atoms with Gasteiger partial charge in [-0.2, -0.15) is 0 Å². The summed E-state index contributed by atoms with van der Waals surface area (Å²) in [5.41, 5.74) is 1.56. The Morgan fingerprint density at radius 2 is 1.79 bits per heavy atom. The van der Waals surface area contributed by atoms with Gasteiger partial charge in [0.15, 0.2) is 5.76 Å². The normalized spacial score (nSPS) is 16.2. The van der Waals surface area contributed by atoms with Crippen LogP contribution < -0.4 is 10.0 Å². The fourth-order valence-corrected chi connectivity index (χ4v) is 3.91. The minimum absolute atomic E-state index is 0.144. The predicted molar refractivity (Wildman–Crippen MR) is 107 cm³/mol. The van der Waals surface area contributed by atoms with E-state index in [1.165, 1.54) is 0 Å². The Bertz CT molecular complexity index is 894. The van der Waals surface area contributed by atoms with Gasteiger partial charge in [0.2, 0.25) is 10.0 Å². The van der Waals surface area contributed by atoms with Gasteiger partial charge in [0, 0.05) is 36.4 Å². The monoisotopic (exact) mass is 406 g/mol. The van der Waals surface area contributed by atoms with Crippen LogP contribution in [0.25, 0.3) is 11.3 Å². The Balaban J connectivity index is 1.51. The molecule has 1 saturated heterocycles. The van der Waals surface area contributed by atoms with E-state index in [-0.39, 0.29) is 12.1 Å². The maximum atomic E-state index is 12.5. The Labute approximate surface area is 165 Å². The fraction of sp³-hybridized carbons (Fsp3) is 0.474. The number of carbonyl (C=O) groups is 1. The van der Waals surface area contributed by atoms with Gasteiger partial charge in [0.05, 0.1) is 10.9 Å². The first-order valence-corrected chi connectivity index (χ1v) is 10.7. The Morgan fingerprint density at radius 1 is 1.14 bits per heavy atom. The molecule has 28 heavy (non-hydrogen) atoms. The van der Waals surface area contributed by atoms with Gasteiger partial charge in [-0.25, -0.2) is 17.9 Å². The maximum absolute atomic E-state index is 12.5. The van der Waals surface area contributed by atoms with Gasteiger partial charge in [-0.05, 0) is 57.9 Å². The molecule has 0 unspecified atom stereocenters. The van der Waals surface area contributed by atoms with Crippen molar-refractivity contribution >= 4 is 21.7 Å². The van der Waals surface area contributed by atoms with E-state index in [2.05, 4.69) is 15.2 Å². The molecule has 3 rings (SSSR count). The third-order valence-electron chi connectivity index (χ3n) is 4.77. The minimum Gasteiger partial charge on any atom is -0.356 e. The van der Waals surface area contributed by atoms with Crippen molar-refractivity contribution in [2.45, 2.75) is 44.4 Å². The molecule has 0 atom stereocenters. The number of urea groups is 1. The Hall–Kier alpha value is -2.39. The van der Waals surface area contributed by atoms with Crippen molar-refractivity contribution in [2.24, 2.45) is 0 Å². The molecule has 0 aliphatic carbocycles. The van der Waals surface area contributed by atoms with Crippen LogP contribution in [0.3, 0.4) is 0 Å². The second-order valence-electron chi connectivity index (χ2n) is 7.88. The maximum Gasteiger partial charge on any atom is 0.321 e. The van der Waals surface area contributed by atoms with Gasteiger partial charge in [-0.15, -0.1) is 0 Å². The molecule has 9 heteroatoms. The van der Waals surface area contributed by atoms with Crippen LogP contribution in [0.4, 0.5) is 10.5 Å². The van der Waals surface area contributed by atoms with Gasteiger partial charge in [-0.3, -0.25) is 0 Å². The van der Waals surface area contributed by atoms with Crippen molar-refractivity contribution < 1.29 is 17.7 Å². The van der Waals surface area contributed by atoms with Crippen LogP contribution in [0.1, 0.15) is 33.6 Å². The number of hydrogen-bond donors (Lipinski definition) is 2. The number of carbonyl (C=O) groups excluding carboxylic acids is 1. The first-order valence-electron chi connectivity index (χ1n) is 9.25. The summed E-state index contributed by atoms with van der Waals surface area (Å²) in [6, 6.07) is 8.75. The summed E-state index contributed by atoms with van der Waals surface area (Å²) in [6.45, 7) is 6.02. The number of benzene rings is 1. The lowest BCUT2D eigenvalue weighted by atomic mass is 10.1. The molecule has 152 valence electrons. The molecule has 8 nitrogen and oxygen atoms in total. The first kappa shape index (κ1) is 20.3. The molecular formula is C19H26N4O4S. The Morgan fingerprint density at radius 3 is 2.32 bits per heavy atom. The number of nitrogens with one attached hydrogen (secondary N) is 2. The van der Waals surface area contributed by atoms with Gasteiger partial charge in [0.1, 0.15) is 0 Å². The van der Waals surface area contributed by atoms with Crippen molar-refractivity contribution in [3.8, 4) is 11.3 Å². The highest BCUT2D eigenvalue weighted by atomic mass is 32.2. The van der Waals surface area contributed by atoms with Crippen LogP contribution in [0.5, 0.6) is 0 Å². The number of hydrogen-bond acceptors (Lipinski definition) is 5. The number of amides is 2. The predicted octanol–water partition coefficient (Wildman–Crippen LogP) is 3.06. The lowest BCUT2D eigenvalue weighted by molar-refractivity contribution is 0.193. The number of anilines is 1. The third-order valence-corrected chi connectivity index (χ3v) is 7.02. The van der Waals surface area contributed by atoms with Crippen LogP contribution >= 0.6 is 0 Å². The smallest absolute Gasteiger partial charge is 0.321 e. The van der Waals surface area contributed by atoms with E-state index in [9.17, 15) is 13.2 Å². The van der Waals surface area contributed by atoms with E-state index in [4.69, 9.17) is 4.52 Å². The zero-order valence-electron chi connectivity index (χ0n) is 16.3. The summed E-state index contributed by atoms with van der Waals surface area (Å²) in [6.07, 6.45) is 2.76. The summed E-state index contributed by atoms with van der Waals surface area (Å²) < 4.78 is 31.6. The van der Waals surface area contributed by atoms with Crippen molar-refractivity contribution in [3.05, 3.63) is 36.5 Å². The molecule has 1 aliphatic heterocycles. The number of likely N-dealkylation sites (tertiary alicyclic amines) is 1. The van der Waals surface area contributed by atoms with E-state index < -0.39 is 14.8 Å². The topological polar surface area (TPSA) is 105 Å². The lowest BCUT2D eigenvalue weighted by Crippen LogP contribution is -2.50. The second kappa shape index (κ2) is 7.92. The highest BCUT2D eigenvalue weighted by Crippen LogP contribution is 2.22. The standard InChI is InChI=1S/C19H26N4O4S/c1-19(2,3)28(25,26)22-16-9-12-23(13-10-16)18(24)21-15-6-4-14(5-7-15)17-8-11-20-27-17/h4-8,11,16,22H,9-10,12-13H2,1-3H3,(H,21,24). The number of aromatic nitrogens is 1. The number of sulfonamides is 1. The summed E-state index contributed by atoms with van der Waals surface area (Å²) in [5.74, 6) is 0.664. The number of piperidine rings is 1. The molecule has 2 heterocycles. The van der Waals surface area contributed by atoms with Crippen LogP contribution in [0, 0.1) is 0 Å². The van der Waals surface area contributed by atoms with Crippen molar-refractivity contribution in [2.75, 3.05) is 18.4 Å². The quantitative estimate of drug-likeness (QED) is 0.812. The Kier molecular flexibility index (Phi) is 5.76. The van der Waals surface area contributed by atoms with Gasteiger partial charge in [-0.1, -0.05) is 5.16 Å². The number of rotatable bonds is 4. The third kappa shape index (κ3) is 4.71. The van der Waals surface area contributed by atoms with Gasteiger partial charge < -0.3 is 14.7 Å². The van der Waals surface area contributed by atoms with Gasteiger partial charge in [0.25, 0.3) is 0 Å². The molecule has 0 radical (unpaired) electrons. The molecule has 1 aromatic carbocycles. The molecule has 2 aromatic rings. The summed E-state index contributed by atoms with van der Waals surface area (Å²) in [7, 11) is -3.39. The van der Waals surface area contributed by atoms with Crippen LogP contribution in [-0.2, 0) is 10.0 Å². The molecule has 2 N–H and O–H groups in total. The highest BCUT2D eigenvalue weighted by Gasteiger charge is 2.33. The molecule has 2 amide bonds. The summed E-state index contributed by atoms with van der Waals surface area (Å²) in [4.78, 5) is 14.2. The molecule has 1 fully saturated rings. The van der Waals surface area contributed by atoms with Crippen LogP contribution in [0.15, 0.2) is 41.1 Å². The van der Waals surface area contributed by atoms with Gasteiger partial charge >= 0.3 is 6.03 Å². The van der Waals surface area contributed by atoms with Crippen molar-refractivity contribution in [3.63, 3.8) is 0 Å². The van der Waals surface area contributed by atoms with Crippen molar-refractivity contribution in [1.82, 2.24) is 14.8 Å². The van der Waals surface area contributed by atoms with Crippen LogP contribution in [0.2, 0.25) is 0 Å². The molecule has 0 spiro atoms. The largest absolute Gasteiger partial charge is 0.356 e. The SMILES string of the molecule is CC(C)(C)S(=O)(=O)NC1CCN(C(=O)Nc2ccc(-c3ccno3)cc2)CC1. The van der Waals surface area contributed by atoms with Crippen molar-refractivity contribution in [1.29, 1.82) is 0 Å². The summed E-state index contributed by atoms with van der Waals surface area (Å²) in [5, 5.41) is 6.55. The molecular weight excluding hydrogens is 380 g/mol. The van der Waals surface area contributed by atoms with E-state index in [1.54, 1.807) is 50.1 Å². The average Bonchev–Trinajstić information content (AvgIpc) is 3.16. The average molecular weight is 407 g/mol. The van der Waals surface area contributed by atoms with E-state index >= 15 is 0 Å². The fourth-order valence-electron chi connectivity index (χ4n) is 2.88. The molecule has 1 aliphatic rings. The van der Waals surface area contributed by atoms with E-state index in [0.717, 1.165) is 5.56 Å². The minimum atomic E-state index is -3.39. The lowest BCUT2D eigenvalue weighted by Gasteiger charge is -2.33. The highest BCUT2D eigenvalue weighted by molar-refractivity contribution is 7.90. The van der Waals surface area contributed by atoms with E-state index in [1.807, 2.05) is 12.1 Å². The van der Waals surface area contributed by atoms with Crippen LogP contribution in [-0.4, -0.2) is 48.4 Å². The molecule has 0 saturated carbocycles.